The maximum Gasteiger partial charge on any atom is 0.263 e. The molecule has 3 aromatic heterocycles. The minimum Gasteiger partial charge on any atom is -0.360 e. The highest BCUT2D eigenvalue weighted by atomic mass is 35.5. The maximum atomic E-state index is 13.9. The molecule has 2 aromatic carbocycles. The monoisotopic (exact) mass is 448 g/mol. The van der Waals surface area contributed by atoms with Gasteiger partial charge in [-0.2, -0.15) is 0 Å². The summed E-state index contributed by atoms with van der Waals surface area (Å²) in [6.07, 6.45) is 3.65. The van der Waals surface area contributed by atoms with Crippen molar-refractivity contribution in [2.24, 2.45) is 0 Å². The first-order chi connectivity index (χ1) is 15.5. The van der Waals surface area contributed by atoms with Crippen molar-refractivity contribution >= 4 is 39.4 Å². The highest BCUT2D eigenvalue weighted by Crippen LogP contribution is 2.28. The van der Waals surface area contributed by atoms with Crippen LogP contribution < -0.4 is 10.9 Å². The number of rotatable bonds is 5. The van der Waals surface area contributed by atoms with Crippen LogP contribution in [0.4, 0.5) is 10.2 Å². The summed E-state index contributed by atoms with van der Waals surface area (Å²) in [5, 5.41) is 4.92. The first-order valence-corrected chi connectivity index (χ1v) is 10.4. The molecular formula is C23H18ClFN6O. The molecule has 0 bridgehead atoms. The molecule has 5 rings (SSSR count). The van der Waals surface area contributed by atoms with E-state index < -0.39 is 5.82 Å². The van der Waals surface area contributed by atoms with E-state index in [9.17, 15) is 9.18 Å². The Bertz CT molecular complexity index is 1490. The SMILES string of the molecule is CC[C@@H](Nc1ncnc2[nH]cnc12)c1cc2ccc(F)cc2c(=O)n1-c1ccc(Cl)cc1. The number of benzene rings is 2. The molecular weight excluding hydrogens is 431 g/mol. The second-order valence-electron chi connectivity index (χ2n) is 7.34. The molecule has 0 saturated carbocycles. The second-order valence-corrected chi connectivity index (χ2v) is 7.78. The molecule has 0 amide bonds. The predicted molar refractivity (Wildman–Crippen MR) is 123 cm³/mol. The summed E-state index contributed by atoms with van der Waals surface area (Å²) in [7, 11) is 0. The normalized spacial score (nSPS) is 12.3. The third kappa shape index (κ3) is 3.48. The Hall–Kier alpha value is -3.78. The lowest BCUT2D eigenvalue weighted by molar-refractivity contribution is 0.629. The number of anilines is 1. The second kappa shape index (κ2) is 8.05. The third-order valence-corrected chi connectivity index (χ3v) is 5.64. The molecule has 0 unspecified atom stereocenters. The van der Waals surface area contributed by atoms with E-state index in [1.54, 1.807) is 41.2 Å². The average Bonchev–Trinajstić information content (AvgIpc) is 3.28. The molecule has 0 aliphatic carbocycles. The lowest BCUT2D eigenvalue weighted by atomic mass is 10.0. The van der Waals surface area contributed by atoms with Crippen molar-refractivity contribution in [3.05, 3.63) is 88.1 Å². The van der Waals surface area contributed by atoms with Crippen LogP contribution in [-0.4, -0.2) is 24.5 Å². The zero-order chi connectivity index (χ0) is 22.2. The predicted octanol–water partition coefficient (Wildman–Crippen LogP) is 5.01. The molecule has 5 aromatic rings. The zero-order valence-corrected chi connectivity index (χ0v) is 17.8. The van der Waals surface area contributed by atoms with Gasteiger partial charge in [-0.05, 0) is 54.3 Å². The van der Waals surface area contributed by atoms with E-state index in [0.29, 0.717) is 50.6 Å². The van der Waals surface area contributed by atoms with Gasteiger partial charge in [-0.25, -0.2) is 19.3 Å². The molecule has 0 aliphatic rings. The van der Waals surface area contributed by atoms with Gasteiger partial charge in [-0.1, -0.05) is 24.6 Å². The minimum absolute atomic E-state index is 0.289. The van der Waals surface area contributed by atoms with Crippen LogP contribution in [0.5, 0.6) is 0 Å². The topological polar surface area (TPSA) is 88.5 Å². The molecule has 0 aliphatic heterocycles. The molecule has 9 heteroatoms. The maximum absolute atomic E-state index is 13.9. The number of imidazole rings is 1. The Balaban J connectivity index is 1.72. The van der Waals surface area contributed by atoms with E-state index in [-0.39, 0.29) is 11.6 Å². The van der Waals surface area contributed by atoms with E-state index in [1.807, 2.05) is 13.0 Å². The van der Waals surface area contributed by atoms with Gasteiger partial charge in [0, 0.05) is 16.4 Å². The molecule has 160 valence electrons. The number of pyridine rings is 1. The fourth-order valence-electron chi connectivity index (χ4n) is 3.83. The van der Waals surface area contributed by atoms with Crippen LogP contribution in [0, 0.1) is 5.82 Å². The standard InChI is InChI=1S/C23H18ClFN6O/c1-2-18(30-22-20-21(27-11-26-20)28-12-29-22)19-9-13-3-6-15(25)10-17(13)23(32)31(19)16-7-4-14(24)5-8-16/h3-12,18H,2H2,1H3,(H2,26,27,28,29,30)/t18-/m1/s1. The largest absolute Gasteiger partial charge is 0.360 e. The van der Waals surface area contributed by atoms with Gasteiger partial charge in [0.1, 0.15) is 17.7 Å². The number of hydrogen-bond donors (Lipinski definition) is 2. The third-order valence-electron chi connectivity index (χ3n) is 5.39. The van der Waals surface area contributed by atoms with Gasteiger partial charge < -0.3 is 10.3 Å². The number of halogens is 2. The van der Waals surface area contributed by atoms with Gasteiger partial charge in [-0.3, -0.25) is 9.36 Å². The Kier molecular flexibility index (Phi) is 5.07. The van der Waals surface area contributed by atoms with Crippen LogP contribution in [0.1, 0.15) is 25.1 Å². The summed E-state index contributed by atoms with van der Waals surface area (Å²) in [5.41, 5.74) is 2.25. The number of aromatic amines is 1. The molecule has 0 fully saturated rings. The van der Waals surface area contributed by atoms with Crippen molar-refractivity contribution in [1.29, 1.82) is 0 Å². The van der Waals surface area contributed by atoms with E-state index >= 15 is 0 Å². The number of nitrogens with one attached hydrogen (secondary N) is 2. The molecule has 32 heavy (non-hydrogen) atoms. The Morgan fingerprint density at radius 1 is 1.12 bits per heavy atom. The minimum atomic E-state index is -0.461. The summed E-state index contributed by atoms with van der Waals surface area (Å²) in [4.78, 5) is 29.3. The summed E-state index contributed by atoms with van der Waals surface area (Å²) < 4.78 is 15.5. The van der Waals surface area contributed by atoms with Gasteiger partial charge in [0.15, 0.2) is 11.5 Å². The van der Waals surface area contributed by atoms with Crippen molar-refractivity contribution in [2.75, 3.05) is 5.32 Å². The smallest absolute Gasteiger partial charge is 0.263 e. The molecule has 7 nitrogen and oxygen atoms in total. The molecule has 1 atom stereocenters. The van der Waals surface area contributed by atoms with Crippen molar-refractivity contribution in [3.63, 3.8) is 0 Å². The Labute approximate surface area is 186 Å². The number of hydrogen-bond acceptors (Lipinski definition) is 5. The van der Waals surface area contributed by atoms with Gasteiger partial charge >= 0.3 is 0 Å². The van der Waals surface area contributed by atoms with Crippen molar-refractivity contribution < 1.29 is 4.39 Å². The molecule has 0 spiro atoms. The number of H-pyrrole nitrogens is 1. The Morgan fingerprint density at radius 3 is 2.72 bits per heavy atom. The van der Waals surface area contributed by atoms with Gasteiger partial charge in [0.05, 0.1) is 17.8 Å². The molecule has 0 saturated heterocycles. The van der Waals surface area contributed by atoms with Crippen molar-refractivity contribution in [1.82, 2.24) is 24.5 Å². The van der Waals surface area contributed by atoms with Crippen LogP contribution in [0.2, 0.25) is 5.02 Å². The van der Waals surface area contributed by atoms with E-state index in [4.69, 9.17) is 11.6 Å². The molecule has 2 N–H and O–H groups in total. The van der Waals surface area contributed by atoms with E-state index in [1.165, 1.54) is 18.5 Å². The lowest BCUT2D eigenvalue weighted by Crippen LogP contribution is -2.26. The Morgan fingerprint density at radius 2 is 1.94 bits per heavy atom. The molecule has 0 radical (unpaired) electrons. The fraction of sp³-hybridized carbons (Fsp3) is 0.130. The van der Waals surface area contributed by atoms with Crippen LogP contribution in [0.15, 0.2) is 66.0 Å². The van der Waals surface area contributed by atoms with Gasteiger partial charge in [-0.15, -0.1) is 0 Å². The van der Waals surface area contributed by atoms with Crippen LogP contribution >= 0.6 is 11.6 Å². The fourth-order valence-corrected chi connectivity index (χ4v) is 3.96. The lowest BCUT2D eigenvalue weighted by Gasteiger charge is -2.23. The summed E-state index contributed by atoms with van der Waals surface area (Å²) in [6.45, 7) is 2.01. The van der Waals surface area contributed by atoms with Crippen LogP contribution in [-0.2, 0) is 0 Å². The number of aromatic nitrogens is 5. The first kappa shape index (κ1) is 20.1. The van der Waals surface area contributed by atoms with Crippen LogP contribution in [0.3, 0.4) is 0 Å². The highest BCUT2D eigenvalue weighted by Gasteiger charge is 2.20. The first-order valence-electron chi connectivity index (χ1n) is 10.1. The summed E-state index contributed by atoms with van der Waals surface area (Å²) in [5.74, 6) is 0.0921. The molecule has 3 heterocycles. The van der Waals surface area contributed by atoms with E-state index in [2.05, 4.69) is 25.3 Å². The van der Waals surface area contributed by atoms with Crippen molar-refractivity contribution in [2.45, 2.75) is 19.4 Å². The highest BCUT2D eigenvalue weighted by molar-refractivity contribution is 6.30. The van der Waals surface area contributed by atoms with Crippen molar-refractivity contribution in [3.8, 4) is 5.69 Å². The zero-order valence-electron chi connectivity index (χ0n) is 17.0. The number of fused-ring (bicyclic) bond motifs is 2. The van der Waals surface area contributed by atoms with Gasteiger partial charge in [0.2, 0.25) is 0 Å². The van der Waals surface area contributed by atoms with Crippen LogP contribution in [0.25, 0.3) is 27.6 Å². The number of nitrogens with zero attached hydrogens (tertiary/aromatic N) is 4. The van der Waals surface area contributed by atoms with E-state index in [0.717, 1.165) is 0 Å². The summed E-state index contributed by atoms with van der Waals surface area (Å²) in [6, 6.07) is 12.8. The quantitative estimate of drug-likeness (QED) is 0.394. The summed E-state index contributed by atoms with van der Waals surface area (Å²) >= 11 is 6.06. The van der Waals surface area contributed by atoms with Gasteiger partial charge in [0.25, 0.3) is 5.56 Å². The average molecular weight is 449 g/mol.